The van der Waals surface area contributed by atoms with Crippen molar-refractivity contribution in [3.8, 4) is 0 Å². The summed E-state index contributed by atoms with van der Waals surface area (Å²) in [6, 6.07) is 0. The van der Waals surface area contributed by atoms with Crippen LogP contribution in [0, 0.1) is 0 Å². The Morgan fingerprint density at radius 2 is 1.00 bits per heavy atom. The van der Waals surface area contributed by atoms with Gasteiger partial charge in [0.1, 0.15) is 0 Å². The molecule has 0 aromatic rings. The van der Waals surface area contributed by atoms with E-state index in [1.165, 1.54) is 0 Å². The van der Waals surface area contributed by atoms with Gasteiger partial charge in [-0.2, -0.15) is 0 Å². The van der Waals surface area contributed by atoms with Crippen molar-refractivity contribution in [3.05, 3.63) is 0 Å². The Balaban J connectivity index is 0. The van der Waals surface area contributed by atoms with Crippen LogP contribution >= 0.6 is 0 Å². The molecule has 6 heteroatoms. The smallest absolute Gasteiger partial charge is 0.0149 e. The molecule has 0 rings (SSSR count). The minimum Gasteiger partial charge on any atom is -0.0149 e. The van der Waals surface area contributed by atoms with E-state index in [2.05, 4.69) is 0 Å². The minimum absolute atomic E-state index is 0. The van der Waals surface area contributed by atoms with E-state index < -0.39 is 0 Å². The first-order chi connectivity index (χ1) is 0. The largest absolute Gasteiger partial charge is 0.316 e. The van der Waals surface area contributed by atoms with Crippen molar-refractivity contribution >= 4 is 51.4 Å². The molecule has 0 aromatic carbocycles. The minimum atomic E-state index is 0. The number of hydrogen-bond donors (Lipinski definition) is 0. The van der Waals surface area contributed by atoms with Gasteiger partial charge in [-0.05, 0) is 11.0 Å². The first kappa shape index (κ1) is 62.8. The van der Waals surface area contributed by atoms with Crippen LogP contribution in [0.1, 0.15) is 0 Å². The van der Waals surface area contributed by atoms with Gasteiger partial charge in [-0.3, -0.25) is 0 Å². The average molecular weight is 255 g/mol. The van der Waals surface area contributed by atoms with Crippen molar-refractivity contribution in [1.29, 1.82) is 0 Å². The van der Waals surface area contributed by atoms with Crippen molar-refractivity contribution in [2.45, 2.75) is 0 Å². The fraction of sp³-hybridized carbons (Fsp3) is 0. The fourth-order valence-electron chi connectivity index (χ4n) is 0. The predicted molar refractivity (Wildman–Crippen MR) is 29.8 cm³/mol. The Hall–Kier alpha value is 3.06. The van der Waals surface area contributed by atoms with E-state index in [0.29, 0.717) is 0 Å². The van der Waals surface area contributed by atoms with Gasteiger partial charge in [-0.15, -0.1) is 0 Å². The van der Waals surface area contributed by atoms with Gasteiger partial charge in [0, 0.05) is 50.9 Å². The van der Waals surface area contributed by atoms with Crippen LogP contribution in [0.5, 0.6) is 0 Å². The topological polar surface area (TPSA) is 0 Å². The van der Waals surface area contributed by atoms with Crippen molar-refractivity contribution in [1.82, 2.24) is 0 Å². The second kappa shape index (κ2) is 42.9. The molecule has 0 saturated heterocycles. The zero-order valence-corrected chi connectivity index (χ0v) is 4.44. The molecule has 0 amide bonds. The third-order valence-corrected chi connectivity index (χ3v) is 0. The van der Waals surface area contributed by atoms with Crippen LogP contribution < -0.4 is 0 Å². The summed E-state index contributed by atoms with van der Waals surface area (Å²) in [7, 11) is 0. The number of hydrogen-bond acceptors (Lipinski definition) is 0. The van der Waals surface area contributed by atoms with Gasteiger partial charge in [0.25, 0.3) is 0 Å². The van der Waals surface area contributed by atoms with E-state index in [4.69, 9.17) is 0 Å². The molecule has 0 radical (unpaired) electrons. The second-order valence-electron chi connectivity index (χ2n) is 0. The predicted octanol–water partition coefficient (Wildman–Crippen LogP) is -3.56. The van der Waals surface area contributed by atoms with Crippen LogP contribution in [0.25, 0.3) is 0 Å². The molecule has 0 atom stereocenters. The summed E-state index contributed by atoms with van der Waals surface area (Å²) in [5, 5.41) is 0. The first-order valence-electron chi connectivity index (χ1n) is 0. The molecular formula is H9AlCrFeMgNiSi. The van der Waals surface area contributed by atoms with Gasteiger partial charge in [-0.1, -0.05) is 0 Å². The third kappa shape index (κ3) is 27.7. The maximum absolute atomic E-state index is 0. The van der Waals surface area contributed by atoms with E-state index in [9.17, 15) is 0 Å². The summed E-state index contributed by atoms with van der Waals surface area (Å²) in [5.41, 5.74) is 0. The van der Waals surface area contributed by atoms with Crippen molar-refractivity contribution in [3.63, 3.8) is 0 Å². The molecule has 0 bridgehead atoms. The molecule has 0 aliphatic carbocycles. The van der Waals surface area contributed by atoms with Crippen molar-refractivity contribution < 1.29 is 50.9 Å². The summed E-state index contributed by atoms with van der Waals surface area (Å²) in [4.78, 5) is 0. The number of rotatable bonds is 0. The fourth-order valence-corrected chi connectivity index (χ4v) is 0. The molecule has 0 fully saturated rings. The molecule has 0 saturated carbocycles. The van der Waals surface area contributed by atoms with Gasteiger partial charge in [0.15, 0.2) is 17.4 Å². The van der Waals surface area contributed by atoms with Gasteiger partial charge < -0.3 is 0 Å². The summed E-state index contributed by atoms with van der Waals surface area (Å²) < 4.78 is 0. The summed E-state index contributed by atoms with van der Waals surface area (Å²) in [6.07, 6.45) is 0. The SMILES string of the molecule is [AlH3].[Cr].[Fe].[MgH2].[Ni].[SiH4]. The quantitative estimate of drug-likeness (QED) is 0.393. The molecule has 0 N–H and O–H groups in total. The zero-order chi connectivity index (χ0) is 0. The van der Waals surface area contributed by atoms with E-state index in [0.717, 1.165) is 0 Å². The molecule has 0 aliphatic heterocycles. The van der Waals surface area contributed by atoms with Crippen LogP contribution in [0.15, 0.2) is 0 Å². The Bertz CT molecular complexity index is 15.5. The van der Waals surface area contributed by atoms with Crippen LogP contribution in [-0.2, 0) is 50.9 Å². The molecular weight excluding hydrogens is 246 g/mol. The van der Waals surface area contributed by atoms with Crippen LogP contribution in [-0.4, -0.2) is 51.4 Å². The van der Waals surface area contributed by atoms with Crippen LogP contribution in [0.2, 0.25) is 0 Å². The summed E-state index contributed by atoms with van der Waals surface area (Å²) in [5.74, 6) is 0. The first-order valence-corrected chi connectivity index (χ1v) is 0. The Morgan fingerprint density at radius 3 is 1.00 bits per heavy atom. The molecule has 0 aliphatic rings. The molecule has 0 nitrogen and oxygen atoms in total. The standard InChI is InChI=1S/Al.Cr.Fe.Mg.Ni.H4Si.5H/h;;;;;1H4;;;;;. The molecule has 0 unspecified atom stereocenters. The molecule has 0 spiro atoms. The van der Waals surface area contributed by atoms with Crippen molar-refractivity contribution in [2.24, 2.45) is 0 Å². The van der Waals surface area contributed by atoms with Gasteiger partial charge in [0.05, 0.1) is 0 Å². The van der Waals surface area contributed by atoms with Gasteiger partial charge >= 0.3 is 23.1 Å². The maximum Gasteiger partial charge on any atom is 0.316 e. The van der Waals surface area contributed by atoms with Crippen LogP contribution in [0.3, 0.4) is 0 Å². The normalized spacial score (nSPS) is 0. The molecule has 6 heavy (non-hydrogen) atoms. The zero-order valence-electron chi connectivity index (χ0n) is 1.08. The van der Waals surface area contributed by atoms with Crippen LogP contribution in [0.4, 0.5) is 0 Å². The van der Waals surface area contributed by atoms with Crippen molar-refractivity contribution in [2.75, 3.05) is 0 Å². The van der Waals surface area contributed by atoms with E-state index in [1.807, 2.05) is 0 Å². The Labute approximate surface area is 101 Å². The molecule has 42 valence electrons. The van der Waals surface area contributed by atoms with Gasteiger partial charge in [0.2, 0.25) is 0 Å². The van der Waals surface area contributed by atoms with E-state index >= 15 is 0 Å². The average Bonchev–Trinajstić information content (AvgIpc) is 0. The summed E-state index contributed by atoms with van der Waals surface area (Å²) >= 11 is 0. The van der Waals surface area contributed by atoms with E-state index in [-0.39, 0.29) is 102 Å². The van der Waals surface area contributed by atoms with E-state index in [1.54, 1.807) is 0 Å². The molecule has 0 aromatic heterocycles. The second-order valence-corrected chi connectivity index (χ2v) is 0. The maximum atomic E-state index is 0. The summed E-state index contributed by atoms with van der Waals surface area (Å²) in [6.45, 7) is 0. The Kier molecular flexibility index (Phi) is 449. The monoisotopic (exact) mass is 254 g/mol. The molecule has 0 heterocycles. The Morgan fingerprint density at radius 1 is 1.00 bits per heavy atom. The third-order valence-electron chi connectivity index (χ3n) is 0. The van der Waals surface area contributed by atoms with Gasteiger partial charge in [-0.25, -0.2) is 0 Å².